The van der Waals surface area contributed by atoms with Gasteiger partial charge in [-0.1, -0.05) is 19.3 Å². The molecule has 20 heavy (non-hydrogen) atoms. The zero-order valence-electron chi connectivity index (χ0n) is 12.1. The van der Waals surface area contributed by atoms with Gasteiger partial charge in [0.2, 0.25) is 0 Å². The van der Waals surface area contributed by atoms with Crippen molar-refractivity contribution in [2.24, 2.45) is 0 Å². The SMILES string of the molecule is COC(=O)CCN(C)S(=O)(=O)NCC1(O)CCCCC1. The van der Waals surface area contributed by atoms with Crippen molar-refractivity contribution in [2.75, 3.05) is 27.2 Å². The van der Waals surface area contributed by atoms with Gasteiger partial charge in [0.15, 0.2) is 0 Å². The largest absolute Gasteiger partial charge is 0.469 e. The third kappa shape index (κ3) is 5.35. The van der Waals surface area contributed by atoms with Crippen LogP contribution in [0, 0.1) is 0 Å². The zero-order chi connectivity index (χ0) is 15.2. The van der Waals surface area contributed by atoms with Gasteiger partial charge >= 0.3 is 5.97 Å². The Labute approximate surface area is 120 Å². The molecule has 118 valence electrons. The number of hydrogen-bond acceptors (Lipinski definition) is 5. The van der Waals surface area contributed by atoms with Crippen molar-refractivity contribution in [3.05, 3.63) is 0 Å². The molecule has 0 spiro atoms. The lowest BCUT2D eigenvalue weighted by molar-refractivity contribution is -0.140. The average molecular weight is 308 g/mol. The second kappa shape index (κ2) is 7.35. The molecule has 0 saturated heterocycles. The zero-order valence-corrected chi connectivity index (χ0v) is 12.9. The Morgan fingerprint density at radius 3 is 2.50 bits per heavy atom. The molecule has 0 amide bonds. The highest BCUT2D eigenvalue weighted by Crippen LogP contribution is 2.27. The summed E-state index contributed by atoms with van der Waals surface area (Å²) in [6, 6.07) is 0. The molecule has 1 fully saturated rings. The van der Waals surface area contributed by atoms with E-state index in [0.29, 0.717) is 12.8 Å². The van der Waals surface area contributed by atoms with Gasteiger partial charge in [-0.25, -0.2) is 0 Å². The van der Waals surface area contributed by atoms with Crippen LogP contribution >= 0.6 is 0 Å². The molecule has 0 radical (unpaired) electrons. The number of hydrogen-bond donors (Lipinski definition) is 2. The fourth-order valence-electron chi connectivity index (χ4n) is 2.19. The third-order valence-electron chi connectivity index (χ3n) is 3.64. The molecule has 8 heteroatoms. The molecule has 0 aromatic heterocycles. The van der Waals surface area contributed by atoms with E-state index in [4.69, 9.17) is 0 Å². The summed E-state index contributed by atoms with van der Waals surface area (Å²) >= 11 is 0. The minimum absolute atomic E-state index is 0.00181. The second-order valence-electron chi connectivity index (χ2n) is 5.26. The van der Waals surface area contributed by atoms with Gasteiger partial charge in [0.05, 0.1) is 19.1 Å². The average Bonchev–Trinajstić information content (AvgIpc) is 2.43. The van der Waals surface area contributed by atoms with E-state index in [0.717, 1.165) is 23.6 Å². The van der Waals surface area contributed by atoms with Crippen LogP contribution in [-0.2, 0) is 19.7 Å². The van der Waals surface area contributed by atoms with Crippen LogP contribution in [0.5, 0.6) is 0 Å². The van der Waals surface area contributed by atoms with Gasteiger partial charge in [-0.15, -0.1) is 0 Å². The Morgan fingerprint density at radius 1 is 1.35 bits per heavy atom. The van der Waals surface area contributed by atoms with Crippen molar-refractivity contribution >= 4 is 16.2 Å². The fraction of sp³-hybridized carbons (Fsp3) is 0.917. The molecular formula is C12H24N2O5S. The Balaban J connectivity index is 2.45. The maximum atomic E-state index is 12.0. The molecule has 0 bridgehead atoms. The van der Waals surface area contributed by atoms with Crippen molar-refractivity contribution in [1.29, 1.82) is 0 Å². The monoisotopic (exact) mass is 308 g/mol. The summed E-state index contributed by atoms with van der Waals surface area (Å²) in [5, 5.41) is 10.3. The maximum absolute atomic E-state index is 12.0. The van der Waals surface area contributed by atoms with Gasteiger partial charge in [-0.05, 0) is 12.8 Å². The molecule has 0 heterocycles. The van der Waals surface area contributed by atoms with Gasteiger partial charge in [-0.3, -0.25) is 4.79 Å². The standard InChI is InChI=1S/C12H24N2O5S/c1-14(9-6-11(15)19-2)20(17,18)13-10-12(16)7-4-3-5-8-12/h13,16H,3-10H2,1-2H3. The Kier molecular flexibility index (Phi) is 6.38. The minimum atomic E-state index is -3.69. The molecule has 2 N–H and O–H groups in total. The van der Waals surface area contributed by atoms with Gasteiger partial charge in [0, 0.05) is 20.1 Å². The summed E-state index contributed by atoms with van der Waals surface area (Å²) in [7, 11) is -1.04. The number of carbonyl (C=O) groups excluding carboxylic acids is 1. The number of rotatable bonds is 7. The highest BCUT2D eigenvalue weighted by atomic mass is 32.2. The molecule has 0 aliphatic heterocycles. The Morgan fingerprint density at radius 2 is 1.95 bits per heavy atom. The van der Waals surface area contributed by atoms with Crippen LogP contribution in [0.15, 0.2) is 0 Å². The summed E-state index contributed by atoms with van der Waals surface area (Å²) in [6.45, 7) is 0.0539. The molecule has 0 aromatic carbocycles. The quantitative estimate of drug-likeness (QED) is 0.646. The highest BCUT2D eigenvalue weighted by Gasteiger charge is 2.31. The molecule has 1 rings (SSSR count). The van der Waals surface area contributed by atoms with Crippen LogP contribution in [0.2, 0.25) is 0 Å². The first kappa shape index (κ1) is 17.4. The lowest BCUT2D eigenvalue weighted by Gasteiger charge is -2.32. The van der Waals surface area contributed by atoms with Crippen molar-refractivity contribution in [3.8, 4) is 0 Å². The predicted octanol–water partition coefficient (Wildman–Crippen LogP) is 0.0109. The van der Waals surface area contributed by atoms with Crippen molar-refractivity contribution in [3.63, 3.8) is 0 Å². The summed E-state index contributed by atoms with van der Waals surface area (Å²) in [6.07, 6.45) is 4.13. The third-order valence-corrected chi connectivity index (χ3v) is 5.15. The first-order valence-corrected chi connectivity index (χ1v) is 8.23. The van der Waals surface area contributed by atoms with Crippen LogP contribution in [0.3, 0.4) is 0 Å². The molecule has 0 unspecified atom stereocenters. The van der Waals surface area contributed by atoms with E-state index in [1.807, 2.05) is 0 Å². The normalized spacial score (nSPS) is 19.0. The number of carbonyl (C=O) groups is 1. The van der Waals surface area contributed by atoms with Gasteiger partial charge in [0.25, 0.3) is 10.2 Å². The van der Waals surface area contributed by atoms with E-state index >= 15 is 0 Å². The number of aliphatic hydroxyl groups is 1. The first-order valence-electron chi connectivity index (χ1n) is 6.79. The van der Waals surface area contributed by atoms with Gasteiger partial charge in [-0.2, -0.15) is 17.4 Å². The van der Waals surface area contributed by atoms with Crippen LogP contribution in [0.25, 0.3) is 0 Å². The van der Waals surface area contributed by atoms with Crippen LogP contribution in [-0.4, -0.2) is 56.6 Å². The summed E-state index contributed by atoms with van der Waals surface area (Å²) in [5.41, 5.74) is -0.950. The smallest absolute Gasteiger partial charge is 0.306 e. The predicted molar refractivity (Wildman–Crippen MR) is 74.2 cm³/mol. The number of methoxy groups -OCH3 is 1. The summed E-state index contributed by atoms with van der Waals surface area (Å²) in [5.74, 6) is -0.460. The van der Waals surface area contributed by atoms with E-state index in [2.05, 4.69) is 9.46 Å². The first-order chi connectivity index (χ1) is 9.29. The fourth-order valence-corrected chi connectivity index (χ4v) is 3.20. The van der Waals surface area contributed by atoms with E-state index in [-0.39, 0.29) is 19.5 Å². The molecule has 1 saturated carbocycles. The van der Waals surface area contributed by atoms with Crippen LogP contribution in [0.1, 0.15) is 38.5 Å². The van der Waals surface area contributed by atoms with E-state index in [9.17, 15) is 18.3 Å². The molecule has 1 aliphatic rings. The van der Waals surface area contributed by atoms with Crippen LogP contribution < -0.4 is 4.72 Å². The van der Waals surface area contributed by atoms with Crippen molar-refractivity contribution in [1.82, 2.24) is 9.03 Å². The van der Waals surface area contributed by atoms with E-state index < -0.39 is 21.8 Å². The van der Waals surface area contributed by atoms with Crippen molar-refractivity contribution in [2.45, 2.75) is 44.1 Å². The molecule has 0 atom stereocenters. The second-order valence-corrected chi connectivity index (χ2v) is 7.12. The maximum Gasteiger partial charge on any atom is 0.306 e. The van der Waals surface area contributed by atoms with E-state index in [1.54, 1.807) is 0 Å². The topological polar surface area (TPSA) is 95.9 Å². The number of nitrogens with one attached hydrogen (secondary N) is 1. The molecule has 1 aliphatic carbocycles. The van der Waals surface area contributed by atoms with Crippen LogP contribution in [0.4, 0.5) is 0 Å². The molecule has 0 aromatic rings. The van der Waals surface area contributed by atoms with Gasteiger partial charge < -0.3 is 9.84 Å². The Bertz CT molecular complexity index is 418. The lowest BCUT2D eigenvalue weighted by Crippen LogP contribution is -2.48. The van der Waals surface area contributed by atoms with Gasteiger partial charge in [0.1, 0.15) is 0 Å². The Hall–Kier alpha value is -0.700. The van der Waals surface area contributed by atoms with Crippen molar-refractivity contribution < 1.29 is 23.1 Å². The summed E-state index contributed by atoms with van der Waals surface area (Å²) in [4.78, 5) is 11.0. The highest BCUT2D eigenvalue weighted by molar-refractivity contribution is 7.87. The van der Waals surface area contributed by atoms with E-state index in [1.165, 1.54) is 14.2 Å². The molecule has 7 nitrogen and oxygen atoms in total. The lowest BCUT2D eigenvalue weighted by atomic mass is 9.85. The summed E-state index contributed by atoms with van der Waals surface area (Å²) < 4.78 is 31.9. The number of esters is 1. The number of ether oxygens (including phenoxy) is 1. The minimum Gasteiger partial charge on any atom is -0.469 e. The number of nitrogens with zero attached hydrogens (tertiary/aromatic N) is 1. The molecular weight excluding hydrogens is 284 g/mol.